The number of ether oxygens (including phenoxy) is 1. The second-order valence-corrected chi connectivity index (χ2v) is 8.72. The molecule has 2 aromatic carbocycles. The zero-order valence-electron chi connectivity index (χ0n) is 18.6. The highest BCUT2D eigenvalue weighted by Crippen LogP contribution is 2.24. The number of rotatable bonds is 7. The van der Waals surface area contributed by atoms with Crippen molar-refractivity contribution in [1.29, 1.82) is 0 Å². The van der Waals surface area contributed by atoms with Crippen molar-refractivity contribution in [1.82, 2.24) is 10.2 Å². The van der Waals surface area contributed by atoms with E-state index in [1.165, 1.54) is 24.0 Å². The summed E-state index contributed by atoms with van der Waals surface area (Å²) in [5.41, 5.74) is 5.10. The van der Waals surface area contributed by atoms with E-state index in [-0.39, 0.29) is 24.5 Å². The summed E-state index contributed by atoms with van der Waals surface area (Å²) in [7, 11) is 0. The molecule has 0 saturated carbocycles. The lowest BCUT2D eigenvalue weighted by atomic mass is 9.89. The van der Waals surface area contributed by atoms with Crippen molar-refractivity contribution >= 4 is 17.8 Å². The predicted octanol–water partition coefficient (Wildman–Crippen LogP) is 3.72. The number of aryl methyl sites for hydroxylation is 2. The van der Waals surface area contributed by atoms with Crippen LogP contribution in [0.2, 0.25) is 0 Å². The molecule has 0 radical (unpaired) electrons. The molecule has 6 heteroatoms. The van der Waals surface area contributed by atoms with Gasteiger partial charge in [0.15, 0.2) is 6.61 Å². The summed E-state index contributed by atoms with van der Waals surface area (Å²) in [5, 5.41) is 2.91. The molecule has 2 amide bonds. The van der Waals surface area contributed by atoms with Gasteiger partial charge in [0.05, 0.1) is 11.6 Å². The lowest BCUT2D eigenvalue weighted by Gasteiger charge is -2.20. The van der Waals surface area contributed by atoms with Crippen molar-refractivity contribution in [2.45, 2.75) is 58.0 Å². The van der Waals surface area contributed by atoms with E-state index in [4.69, 9.17) is 4.74 Å². The molecule has 1 atom stereocenters. The van der Waals surface area contributed by atoms with Crippen LogP contribution in [-0.4, -0.2) is 35.8 Å². The minimum Gasteiger partial charge on any atom is -0.452 e. The van der Waals surface area contributed by atoms with Gasteiger partial charge in [-0.15, -0.1) is 0 Å². The Balaban J connectivity index is 1.28. The minimum absolute atomic E-state index is 0.141. The number of nitrogens with zero attached hydrogens (tertiary/aromatic N) is 1. The molecule has 1 heterocycles. The van der Waals surface area contributed by atoms with Crippen LogP contribution in [0.5, 0.6) is 0 Å². The van der Waals surface area contributed by atoms with Crippen LogP contribution in [0.25, 0.3) is 0 Å². The fraction of sp³-hybridized carbons (Fsp3) is 0.423. The monoisotopic (exact) mass is 434 g/mol. The number of hydrogen-bond donors (Lipinski definition) is 1. The van der Waals surface area contributed by atoms with Crippen molar-refractivity contribution < 1.29 is 19.1 Å². The van der Waals surface area contributed by atoms with Crippen molar-refractivity contribution in [3.8, 4) is 0 Å². The molecule has 0 bridgehead atoms. The van der Waals surface area contributed by atoms with Gasteiger partial charge in [-0.2, -0.15) is 0 Å². The number of nitrogens with one attached hydrogen (secondary N) is 1. The van der Waals surface area contributed by atoms with E-state index in [9.17, 15) is 14.4 Å². The number of likely N-dealkylation sites (tertiary alicyclic amines) is 1. The highest BCUT2D eigenvalue weighted by molar-refractivity contribution is 5.91. The molecule has 32 heavy (non-hydrogen) atoms. The van der Waals surface area contributed by atoms with Gasteiger partial charge in [-0.1, -0.05) is 30.3 Å². The van der Waals surface area contributed by atoms with Crippen LogP contribution in [0.3, 0.4) is 0 Å². The Labute approximate surface area is 188 Å². The van der Waals surface area contributed by atoms with E-state index in [2.05, 4.69) is 23.5 Å². The van der Waals surface area contributed by atoms with Crippen LogP contribution < -0.4 is 5.32 Å². The molecule has 1 aliphatic carbocycles. The topological polar surface area (TPSA) is 75.7 Å². The summed E-state index contributed by atoms with van der Waals surface area (Å²) >= 11 is 0. The van der Waals surface area contributed by atoms with Gasteiger partial charge in [0.1, 0.15) is 0 Å². The molecule has 168 valence electrons. The van der Waals surface area contributed by atoms with Crippen molar-refractivity contribution in [2.75, 3.05) is 13.2 Å². The van der Waals surface area contributed by atoms with E-state index in [1.807, 2.05) is 13.0 Å². The van der Waals surface area contributed by atoms with Crippen LogP contribution in [0.1, 0.15) is 71.3 Å². The maximum Gasteiger partial charge on any atom is 0.338 e. The molecular formula is C26H30N2O4. The molecule has 4 rings (SSSR count). The quantitative estimate of drug-likeness (QED) is 0.674. The number of carbonyl (C=O) groups excluding carboxylic acids is 3. The van der Waals surface area contributed by atoms with Gasteiger partial charge in [0, 0.05) is 19.5 Å². The summed E-state index contributed by atoms with van der Waals surface area (Å²) in [5.74, 6) is -0.735. The van der Waals surface area contributed by atoms with E-state index >= 15 is 0 Å². The van der Waals surface area contributed by atoms with E-state index < -0.39 is 5.97 Å². The fourth-order valence-electron chi connectivity index (χ4n) is 4.49. The molecule has 2 aromatic rings. The molecule has 1 aliphatic heterocycles. The number of hydrogen-bond acceptors (Lipinski definition) is 4. The molecule has 6 nitrogen and oxygen atoms in total. The Bertz CT molecular complexity index is 1020. The van der Waals surface area contributed by atoms with Gasteiger partial charge >= 0.3 is 5.97 Å². The number of carbonyl (C=O) groups is 3. The van der Waals surface area contributed by atoms with Crippen LogP contribution in [0.4, 0.5) is 0 Å². The average molecular weight is 435 g/mol. The standard InChI is InChI=1S/C26H30N2O4/c1-18(21-12-11-20-7-2-3-8-22(20)15-21)27-24(29)17-32-26(31)23-9-4-6-19(14-23)16-28-13-5-10-25(28)30/h4,6,9,11-12,14-15,18H,2-3,5,7-8,10,13,16-17H2,1H3,(H,27,29). The lowest BCUT2D eigenvalue weighted by Crippen LogP contribution is -2.31. The number of benzene rings is 2. The van der Waals surface area contributed by atoms with Crippen LogP contribution in [0.15, 0.2) is 42.5 Å². The maximum absolute atomic E-state index is 12.4. The Morgan fingerprint density at radius 3 is 2.62 bits per heavy atom. The smallest absolute Gasteiger partial charge is 0.338 e. The van der Waals surface area contributed by atoms with Crippen molar-refractivity contribution in [2.24, 2.45) is 0 Å². The molecule has 2 aliphatic rings. The maximum atomic E-state index is 12.4. The van der Waals surface area contributed by atoms with Crippen molar-refractivity contribution in [3.63, 3.8) is 0 Å². The summed E-state index contributed by atoms with van der Waals surface area (Å²) in [6.45, 7) is 2.84. The van der Waals surface area contributed by atoms with E-state index in [0.717, 1.165) is 36.9 Å². The number of esters is 1. The summed E-state index contributed by atoms with van der Waals surface area (Å²) in [6.07, 6.45) is 6.13. The van der Waals surface area contributed by atoms with Crippen LogP contribution in [-0.2, 0) is 33.7 Å². The first-order chi connectivity index (χ1) is 15.5. The third-order valence-electron chi connectivity index (χ3n) is 6.29. The summed E-state index contributed by atoms with van der Waals surface area (Å²) in [4.78, 5) is 38.4. The Morgan fingerprint density at radius 2 is 1.84 bits per heavy atom. The van der Waals surface area contributed by atoms with Crippen LogP contribution >= 0.6 is 0 Å². The van der Waals surface area contributed by atoms with Gasteiger partial charge < -0.3 is 15.0 Å². The zero-order chi connectivity index (χ0) is 22.5. The van der Waals surface area contributed by atoms with Crippen LogP contribution in [0, 0.1) is 0 Å². The van der Waals surface area contributed by atoms with Gasteiger partial charge in [0.2, 0.25) is 5.91 Å². The first kappa shape index (κ1) is 22.1. The Kier molecular flexibility index (Phi) is 6.88. The second-order valence-electron chi connectivity index (χ2n) is 8.72. The summed E-state index contributed by atoms with van der Waals surface area (Å²) < 4.78 is 5.23. The lowest BCUT2D eigenvalue weighted by molar-refractivity contribution is -0.128. The molecule has 1 fully saturated rings. The molecule has 1 N–H and O–H groups in total. The molecule has 0 spiro atoms. The third-order valence-corrected chi connectivity index (χ3v) is 6.29. The van der Waals surface area contributed by atoms with E-state index in [0.29, 0.717) is 18.5 Å². The minimum atomic E-state index is -0.545. The van der Waals surface area contributed by atoms with E-state index in [1.54, 1.807) is 23.1 Å². The summed E-state index contributed by atoms with van der Waals surface area (Å²) in [6, 6.07) is 13.3. The van der Waals surface area contributed by atoms with Gasteiger partial charge in [0.25, 0.3) is 5.91 Å². The molecule has 1 unspecified atom stereocenters. The first-order valence-corrected chi connectivity index (χ1v) is 11.4. The largest absolute Gasteiger partial charge is 0.452 e. The highest BCUT2D eigenvalue weighted by atomic mass is 16.5. The number of amides is 2. The predicted molar refractivity (Wildman–Crippen MR) is 121 cm³/mol. The second kappa shape index (κ2) is 9.98. The average Bonchev–Trinajstić information content (AvgIpc) is 3.21. The normalized spacial score (nSPS) is 16.4. The zero-order valence-corrected chi connectivity index (χ0v) is 18.6. The van der Waals surface area contributed by atoms with Gasteiger partial charge in [-0.3, -0.25) is 9.59 Å². The molecule has 0 aromatic heterocycles. The SMILES string of the molecule is CC(NC(=O)COC(=O)c1cccc(CN2CCCC2=O)c1)c1ccc2c(c1)CCCC2. The Hall–Kier alpha value is -3.15. The highest BCUT2D eigenvalue weighted by Gasteiger charge is 2.21. The molecular weight excluding hydrogens is 404 g/mol. The van der Waals surface area contributed by atoms with Gasteiger partial charge in [-0.05, 0) is 73.4 Å². The fourth-order valence-corrected chi connectivity index (χ4v) is 4.49. The Morgan fingerprint density at radius 1 is 1.03 bits per heavy atom. The first-order valence-electron chi connectivity index (χ1n) is 11.4. The van der Waals surface area contributed by atoms with Crippen molar-refractivity contribution in [3.05, 3.63) is 70.3 Å². The third kappa shape index (κ3) is 5.36. The van der Waals surface area contributed by atoms with Gasteiger partial charge in [-0.25, -0.2) is 4.79 Å². The molecule has 1 saturated heterocycles. The number of fused-ring (bicyclic) bond motifs is 1.